The van der Waals surface area contributed by atoms with Gasteiger partial charge in [0.05, 0.1) is 0 Å². The van der Waals surface area contributed by atoms with Crippen molar-refractivity contribution in [2.75, 3.05) is 18.4 Å². The van der Waals surface area contributed by atoms with E-state index in [1.165, 1.54) is 12.8 Å². The highest BCUT2D eigenvalue weighted by molar-refractivity contribution is 6.05. The van der Waals surface area contributed by atoms with Gasteiger partial charge in [-0.1, -0.05) is 25.1 Å². The van der Waals surface area contributed by atoms with Gasteiger partial charge in [-0.25, -0.2) is 0 Å². The number of primary amides is 1. The first-order chi connectivity index (χ1) is 12.5. The zero-order chi connectivity index (χ0) is 18.5. The van der Waals surface area contributed by atoms with E-state index in [1.807, 2.05) is 12.1 Å². The monoisotopic (exact) mass is 351 g/mol. The van der Waals surface area contributed by atoms with Crippen LogP contribution in [0.25, 0.3) is 0 Å². The SMILES string of the molecule is C[C@@H]1CCCN(Cc2cccc(C(=O)Nc3cccc(C(N)=O)c3)c2)C1. The average Bonchev–Trinajstić information content (AvgIpc) is 2.62. The van der Waals surface area contributed by atoms with Gasteiger partial charge in [-0.05, 0) is 61.2 Å². The smallest absolute Gasteiger partial charge is 0.255 e. The lowest BCUT2D eigenvalue weighted by molar-refractivity contribution is 0.0996. The van der Waals surface area contributed by atoms with Gasteiger partial charge in [0.2, 0.25) is 5.91 Å². The fraction of sp³-hybridized carbons (Fsp3) is 0.333. The average molecular weight is 351 g/mol. The van der Waals surface area contributed by atoms with Gasteiger partial charge >= 0.3 is 0 Å². The van der Waals surface area contributed by atoms with E-state index in [1.54, 1.807) is 30.3 Å². The van der Waals surface area contributed by atoms with E-state index in [0.717, 1.165) is 31.1 Å². The standard InChI is InChI=1S/C21H25N3O2/c1-15-5-4-10-24(13-15)14-16-6-2-8-18(11-16)21(26)23-19-9-3-7-17(12-19)20(22)25/h2-3,6-9,11-12,15H,4-5,10,13-14H2,1H3,(H2,22,25)(H,23,26)/t15-/m1/s1. The predicted molar refractivity (Wildman–Crippen MR) is 103 cm³/mol. The van der Waals surface area contributed by atoms with E-state index >= 15 is 0 Å². The lowest BCUT2D eigenvalue weighted by Crippen LogP contribution is -2.33. The van der Waals surface area contributed by atoms with Gasteiger partial charge in [0.25, 0.3) is 5.91 Å². The van der Waals surface area contributed by atoms with E-state index in [9.17, 15) is 9.59 Å². The second-order valence-electron chi connectivity index (χ2n) is 7.08. The molecule has 0 bridgehead atoms. The molecule has 136 valence electrons. The number of nitrogens with two attached hydrogens (primary N) is 1. The van der Waals surface area contributed by atoms with Crippen LogP contribution in [0.2, 0.25) is 0 Å². The molecule has 1 aliphatic rings. The Bertz CT molecular complexity index is 803. The van der Waals surface area contributed by atoms with Crippen LogP contribution in [0.1, 0.15) is 46.0 Å². The first kappa shape index (κ1) is 18.1. The second-order valence-corrected chi connectivity index (χ2v) is 7.08. The number of piperidine rings is 1. The minimum Gasteiger partial charge on any atom is -0.366 e. The van der Waals surface area contributed by atoms with Crippen LogP contribution in [0.5, 0.6) is 0 Å². The number of hydrogen-bond donors (Lipinski definition) is 2. The molecule has 0 unspecified atom stereocenters. The van der Waals surface area contributed by atoms with Crippen LogP contribution in [0.3, 0.4) is 0 Å². The predicted octanol–water partition coefficient (Wildman–Crippen LogP) is 3.27. The molecule has 26 heavy (non-hydrogen) atoms. The summed E-state index contributed by atoms with van der Waals surface area (Å²) in [7, 11) is 0. The highest BCUT2D eigenvalue weighted by Crippen LogP contribution is 2.19. The van der Waals surface area contributed by atoms with Crippen molar-refractivity contribution in [2.45, 2.75) is 26.3 Å². The molecule has 0 spiro atoms. The van der Waals surface area contributed by atoms with E-state index in [2.05, 4.69) is 23.2 Å². The second kappa shape index (κ2) is 8.15. The van der Waals surface area contributed by atoms with Crippen LogP contribution in [0.4, 0.5) is 5.69 Å². The lowest BCUT2D eigenvalue weighted by atomic mass is 9.99. The molecule has 1 heterocycles. The van der Waals surface area contributed by atoms with Crippen molar-refractivity contribution in [3.8, 4) is 0 Å². The Morgan fingerprint density at radius 3 is 2.69 bits per heavy atom. The fourth-order valence-electron chi connectivity index (χ4n) is 3.45. The summed E-state index contributed by atoms with van der Waals surface area (Å²) in [6.45, 7) is 5.37. The summed E-state index contributed by atoms with van der Waals surface area (Å²) < 4.78 is 0. The number of amides is 2. The van der Waals surface area contributed by atoms with Gasteiger partial charge in [0.1, 0.15) is 0 Å². The Kier molecular flexibility index (Phi) is 5.68. The molecule has 5 heteroatoms. The van der Waals surface area contributed by atoms with Crippen molar-refractivity contribution in [1.29, 1.82) is 0 Å². The first-order valence-corrected chi connectivity index (χ1v) is 9.04. The summed E-state index contributed by atoms with van der Waals surface area (Å²) in [4.78, 5) is 26.3. The van der Waals surface area contributed by atoms with E-state index in [0.29, 0.717) is 16.8 Å². The minimum atomic E-state index is -0.515. The molecule has 2 aromatic carbocycles. The molecule has 1 fully saturated rings. The zero-order valence-electron chi connectivity index (χ0n) is 15.1. The Hall–Kier alpha value is -2.66. The molecule has 1 saturated heterocycles. The van der Waals surface area contributed by atoms with Crippen LogP contribution >= 0.6 is 0 Å². The van der Waals surface area contributed by atoms with Gasteiger partial charge in [-0.3, -0.25) is 14.5 Å². The van der Waals surface area contributed by atoms with Gasteiger partial charge < -0.3 is 11.1 Å². The summed E-state index contributed by atoms with van der Waals surface area (Å²) in [5.74, 6) is 0.0205. The number of likely N-dealkylation sites (tertiary alicyclic amines) is 1. The van der Waals surface area contributed by atoms with Crippen molar-refractivity contribution in [3.63, 3.8) is 0 Å². The molecule has 2 amide bonds. The summed E-state index contributed by atoms with van der Waals surface area (Å²) in [6, 6.07) is 14.4. The van der Waals surface area contributed by atoms with Crippen molar-refractivity contribution in [3.05, 3.63) is 65.2 Å². The van der Waals surface area contributed by atoms with E-state index in [-0.39, 0.29) is 5.91 Å². The van der Waals surface area contributed by atoms with Crippen molar-refractivity contribution in [1.82, 2.24) is 4.90 Å². The maximum atomic E-state index is 12.6. The number of carbonyl (C=O) groups excluding carboxylic acids is 2. The zero-order valence-corrected chi connectivity index (χ0v) is 15.1. The molecular weight excluding hydrogens is 326 g/mol. The third kappa shape index (κ3) is 4.70. The molecule has 0 aliphatic carbocycles. The normalized spacial score (nSPS) is 17.7. The highest BCUT2D eigenvalue weighted by atomic mass is 16.2. The van der Waals surface area contributed by atoms with Crippen molar-refractivity contribution >= 4 is 17.5 Å². The number of nitrogens with zero attached hydrogens (tertiary/aromatic N) is 1. The number of carbonyl (C=O) groups is 2. The maximum Gasteiger partial charge on any atom is 0.255 e. The van der Waals surface area contributed by atoms with Gasteiger partial charge in [0.15, 0.2) is 0 Å². The molecular formula is C21H25N3O2. The van der Waals surface area contributed by atoms with E-state index < -0.39 is 5.91 Å². The fourth-order valence-corrected chi connectivity index (χ4v) is 3.45. The van der Waals surface area contributed by atoms with Crippen LogP contribution in [0.15, 0.2) is 48.5 Å². The summed E-state index contributed by atoms with van der Waals surface area (Å²) in [5.41, 5.74) is 7.96. The van der Waals surface area contributed by atoms with Gasteiger partial charge in [0, 0.05) is 29.9 Å². The highest BCUT2D eigenvalue weighted by Gasteiger charge is 2.17. The van der Waals surface area contributed by atoms with Crippen LogP contribution in [-0.4, -0.2) is 29.8 Å². The van der Waals surface area contributed by atoms with E-state index in [4.69, 9.17) is 5.73 Å². The summed E-state index contributed by atoms with van der Waals surface area (Å²) >= 11 is 0. The van der Waals surface area contributed by atoms with Crippen LogP contribution in [0, 0.1) is 5.92 Å². The number of hydrogen-bond acceptors (Lipinski definition) is 3. The molecule has 0 saturated carbocycles. The van der Waals surface area contributed by atoms with Crippen LogP contribution in [-0.2, 0) is 6.54 Å². The minimum absolute atomic E-state index is 0.194. The third-order valence-corrected chi connectivity index (χ3v) is 4.74. The Morgan fingerprint density at radius 1 is 1.15 bits per heavy atom. The third-order valence-electron chi connectivity index (χ3n) is 4.74. The number of nitrogens with one attached hydrogen (secondary N) is 1. The molecule has 2 aromatic rings. The van der Waals surface area contributed by atoms with Gasteiger partial charge in [-0.15, -0.1) is 0 Å². The van der Waals surface area contributed by atoms with Crippen molar-refractivity contribution in [2.24, 2.45) is 11.7 Å². The van der Waals surface area contributed by atoms with Crippen LogP contribution < -0.4 is 11.1 Å². The molecule has 3 N–H and O–H groups in total. The van der Waals surface area contributed by atoms with Gasteiger partial charge in [-0.2, -0.15) is 0 Å². The molecule has 3 rings (SSSR count). The maximum absolute atomic E-state index is 12.6. The largest absolute Gasteiger partial charge is 0.366 e. The Balaban J connectivity index is 1.68. The number of benzene rings is 2. The number of anilines is 1. The molecule has 0 radical (unpaired) electrons. The topological polar surface area (TPSA) is 75.4 Å². The quantitative estimate of drug-likeness (QED) is 0.868. The molecule has 5 nitrogen and oxygen atoms in total. The Morgan fingerprint density at radius 2 is 1.92 bits per heavy atom. The summed E-state index contributed by atoms with van der Waals surface area (Å²) in [5, 5.41) is 2.83. The summed E-state index contributed by atoms with van der Waals surface area (Å²) in [6.07, 6.45) is 2.53. The lowest BCUT2D eigenvalue weighted by Gasteiger charge is -2.30. The molecule has 1 atom stereocenters. The number of rotatable bonds is 5. The molecule has 1 aliphatic heterocycles. The Labute approximate surface area is 154 Å². The van der Waals surface area contributed by atoms with Crippen molar-refractivity contribution < 1.29 is 9.59 Å². The molecule has 0 aromatic heterocycles. The first-order valence-electron chi connectivity index (χ1n) is 9.04.